The highest BCUT2D eigenvalue weighted by molar-refractivity contribution is 5.95. The van der Waals surface area contributed by atoms with Gasteiger partial charge in [0.05, 0.1) is 11.1 Å². The summed E-state index contributed by atoms with van der Waals surface area (Å²) in [4.78, 5) is 38.4. The van der Waals surface area contributed by atoms with Crippen LogP contribution in [-0.4, -0.2) is 40.2 Å². The van der Waals surface area contributed by atoms with Crippen LogP contribution in [0.15, 0.2) is 17.1 Å². The molecule has 2 heterocycles. The van der Waals surface area contributed by atoms with Crippen LogP contribution in [0.3, 0.4) is 0 Å². The first-order chi connectivity index (χ1) is 11.9. The largest absolute Gasteiger partial charge is 0.444 e. The van der Waals surface area contributed by atoms with E-state index in [2.05, 4.69) is 5.32 Å². The van der Waals surface area contributed by atoms with Crippen molar-refractivity contribution in [2.45, 2.75) is 53.1 Å². The molecular weight excluding hydrogens is 334 g/mol. The van der Waals surface area contributed by atoms with Crippen LogP contribution in [0.5, 0.6) is 0 Å². The number of nitrogens with zero attached hydrogens (tertiary/aromatic N) is 2. The number of amides is 2. The molecule has 0 aromatic carbocycles. The van der Waals surface area contributed by atoms with Crippen LogP contribution in [0.1, 0.15) is 46.1 Å². The normalized spacial score (nSPS) is 16.9. The van der Waals surface area contributed by atoms with E-state index >= 15 is 0 Å². The number of pyridine rings is 1. The molecule has 2 rings (SSSR count). The zero-order valence-electron chi connectivity index (χ0n) is 16.5. The molecule has 7 heteroatoms. The standard InChI is InChI=1S/C19H29N3O4/c1-13-11-14(12-21(6)15(13)23)20-16(24)19(5)7-9-22(10-8-19)17(25)26-18(2,3)4/h11-12H,7-10H2,1-6H3,(H,20,24). The lowest BCUT2D eigenvalue weighted by Crippen LogP contribution is -2.48. The zero-order valence-corrected chi connectivity index (χ0v) is 16.5. The van der Waals surface area contributed by atoms with E-state index in [1.54, 1.807) is 31.1 Å². The molecule has 0 spiro atoms. The molecular formula is C19H29N3O4. The first kappa shape index (κ1) is 20.0. The van der Waals surface area contributed by atoms with Gasteiger partial charge in [0.1, 0.15) is 5.60 Å². The van der Waals surface area contributed by atoms with Gasteiger partial charge in [-0.1, -0.05) is 6.92 Å². The molecule has 1 N–H and O–H groups in total. The highest BCUT2D eigenvalue weighted by Gasteiger charge is 2.39. The minimum absolute atomic E-state index is 0.0834. The summed E-state index contributed by atoms with van der Waals surface area (Å²) in [5.74, 6) is -0.0978. The molecule has 144 valence electrons. The van der Waals surface area contributed by atoms with Crippen molar-refractivity contribution in [1.29, 1.82) is 0 Å². The number of rotatable bonds is 2. The van der Waals surface area contributed by atoms with Gasteiger partial charge in [0.25, 0.3) is 5.56 Å². The van der Waals surface area contributed by atoms with Crippen LogP contribution < -0.4 is 10.9 Å². The van der Waals surface area contributed by atoms with E-state index in [0.717, 1.165) is 0 Å². The second kappa shape index (κ2) is 7.13. The number of nitrogens with one attached hydrogen (secondary N) is 1. The monoisotopic (exact) mass is 363 g/mol. The van der Waals surface area contributed by atoms with Gasteiger partial charge in [-0.3, -0.25) is 9.59 Å². The SMILES string of the molecule is Cc1cc(NC(=O)C2(C)CCN(C(=O)OC(C)(C)C)CC2)cn(C)c1=O. The van der Waals surface area contributed by atoms with Crippen molar-refractivity contribution < 1.29 is 14.3 Å². The van der Waals surface area contributed by atoms with Crippen molar-refractivity contribution >= 4 is 17.7 Å². The predicted molar refractivity (Wildman–Crippen MR) is 100 cm³/mol. The van der Waals surface area contributed by atoms with Crippen LogP contribution in [0.2, 0.25) is 0 Å². The Morgan fingerprint density at radius 3 is 2.31 bits per heavy atom. The summed E-state index contributed by atoms with van der Waals surface area (Å²) in [7, 11) is 1.66. The smallest absolute Gasteiger partial charge is 0.410 e. The molecule has 0 radical (unpaired) electrons. The third-order valence-corrected chi connectivity index (χ3v) is 4.69. The second-order valence-electron chi connectivity index (χ2n) is 8.31. The van der Waals surface area contributed by atoms with Crippen LogP contribution >= 0.6 is 0 Å². The van der Waals surface area contributed by atoms with Gasteiger partial charge in [-0.05, 0) is 46.6 Å². The van der Waals surface area contributed by atoms with E-state index in [9.17, 15) is 14.4 Å². The van der Waals surface area contributed by atoms with Gasteiger partial charge in [0, 0.05) is 31.9 Å². The Kier molecular flexibility index (Phi) is 5.49. The maximum absolute atomic E-state index is 12.8. The molecule has 2 amide bonds. The van der Waals surface area contributed by atoms with E-state index in [1.165, 1.54) is 4.57 Å². The molecule has 0 aliphatic carbocycles. The maximum Gasteiger partial charge on any atom is 0.410 e. The quantitative estimate of drug-likeness (QED) is 0.876. The molecule has 0 bridgehead atoms. The molecule has 0 unspecified atom stereocenters. The molecule has 1 saturated heterocycles. The fraction of sp³-hybridized carbons (Fsp3) is 0.632. The predicted octanol–water partition coefficient (Wildman–Crippen LogP) is 2.67. The summed E-state index contributed by atoms with van der Waals surface area (Å²) in [6.07, 6.45) is 2.39. The third kappa shape index (κ3) is 4.65. The molecule has 1 aliphatic heterocycles. The molecule has 26 heavy (non-hydrogen) atoms. The van der Waals surface area contributed by atoms with Crippen molar-refractivity contribution in [2.24, 2.45) is 12.5 Å². The Balaban J connectivity index is 2.01. The van der Waals surface area contributed by atoms with Crippen LogP contribution in [0.25, 0.3) is 0 Å². The van der Waals surface area contributed by atoms with Gasteiger partial charge in [-0.15, -0.1) is 0 Å². The number of hydrogen-bond acceptors (Lipinski definition) is 4. The van der Waals surface area contributed by atoms with E-state index in [-0.39, 0.29) is 17.6 Å². The Labute approximate surface area is 154 Å². The fourth-order valence-corrected chi connectivity index (χ4v) is 2.96. The summed E-state index contributed by atoms with van der Waals surface area (Å²) in [6.45, 7) is 10.1. The molecule has 1 aliphatic rings. The summed E-state index contributed by atoms with van der Waals surface area (Å²) < 4.78 is 6.85. The van der Waals surface area contributed by atoms with Crippen molar-refractivity contribution in [3.63, 3.8) is 0 Å². The number of carbonyl (C=O) groups is 2. The number of piperidine rings is 1. The average molecular weight is 363 g/mol. The number of anilines is 1. The van der Waals surface area contributed by atoms with Crippen LogP contribution in [0.4, 0.5) is 10.5 Å². The Hall–Kier alpha value is -2.31. The topological polar surface area (TPSA) is 80.6 Å². The number of aromatic nitrogens is 1. The van der Waals surface area contributed by atoms with E-state index in [1.807, 2.05) is 27.7 Å². The highest BCUT2D eigenvalue weighted by Crippen LogP contribution is 2.33. The summed E-state index contributed by atoms with van der Waals surface area (Å²) in [5.41, 5.74) is -0.00209. The van der Waals surface area contributed by atoms with Crippen LogP contribution in [0, 0.1) is 12.3 Å². The van der Waals surface area contributed by atoms with Crippen molar-refractivity contribution in [3.05, 3.63) is 28.2 Å². The van der Waals surface area contributed by atoms with Gasteiger partial charge in [-0.2, -0.15) is 0 Å². The van der Waals surface area contributed by atoms with Crippen molar-refractivity contribution in [1.82, 2.24) is 9.47 Å². The maximum atomic E-state index is 12.8. The van der Waals surface area contributed by atoms with E-state index < -0.39 is 11.0 Å². The minimum atomic E-state index is -0.568. The first-order valence-corrected chi connectivity index (χ1v) is 8.88. The third-order valence-electron chi connectivity index (χ3n) is 4.69. The van der Waals surface area contributed by atoms with E-state index in [0.29, 0.717) is 37.2 Å². The summed E-state index contributed by atoms with van der Waals surface area (Å²) in [6, 6.07) is 1.68. The average Bonchev–Trinajstić information content (AvgIpc) is 2.51. The van der Waals surface area contributed by atoms with Gasteiger partial charge < -0.3 is 19.5 Å². The first-order valence-electron chi connectivity index (χ1n) is 8.88. The van der Waals surface area contributed by atoms with Crippen LogP contribution in [-0.2, 0) is 16.6 Å². The van der Waals surface area contributed by atoms with Gasteiger partial charge in [0.2, 0.25) is 5.91 Å². The Bertz CT molecular complexity index is 727. The van der Waals surface area contributed by atoms with Gasteiger partial charge in [0.15, 0.2) is 0 Å². The Morgan fingerprint density at radius 1 is 1.23 bits per heavy atom. The molecule has 7 nitrogen and oxygen atoms in total. The molecule has 1 fully saturated rings. The van der Waals surface area contributed by atoms with E-state index in [4.69, 9.17) is 4.74 Å². The number of hydrogen-bond donors (Lipinski definition) is 1. The molecule has 0 saturated carbocycles. The number of likely N-dealkylation sites (tertiary alicyclic amines) is 1. The van der Waals surface area contributed by atoms with Gasteiger partial charge in [-0.25, -0.2) is 4.79 Å². The number of carbonyl (C=O) groups excluding carboxylic acids is 2. The molecule has 0 atom stereocenters. The summed E-state index contributed by atoms with van der Waals surface area (Å²) >= 11 is 0. The Morgan fingerprint density at radius 2 is 1.81 bits per heavy atom. The highest BCUT2D eigenvalue weighted by atomic mass is 16.6. The van der Waals surface area contributed by atoms with Crippen molar-refractivity contribution in [2.75, 3.05) is 18.4 Å². The van der Waals surface area contributed by atoms with Gasteiger partial charge >= 0.3 is 6.09 Å². The lowest BCUT2D eigenvalue weighted by atomic mass is 9.79. The molecule has 1 aromatic rings. The molecule has 1 aromatic heterocycles. The lowest BCUT2D eigenvalue weighted by Gasteiger charge is -2.38. The lowest BCUT2D eigenvalue weighted by molar-refractivity contribution is -0.127. The number of aryl methyl sites for hydroxylation is 2. The summed E-state index contributed by atoms with van der Waals surface area (Å²) in [5, 5.41) is 2.91. The fourth-order valence-electron chi connectivity index (χ4n) is 2.96. The number of ether oxygens (including phenoxy) is 1. The van der Waals surface area contributed by atoms with Crippen molar-refractivity contribution in [3.8, 4) is 0 Å². The zero-order chi connectivity index (χ0) is 19.7. The second-order valence-corrected chi connectivity index (χ2v) is 8.31. The minimum Gasteiger partial charge on any atom is -0.444 e.